The Morgan fingerprint density at radius 2 is 1.90 bits per heavy atom. The number of nitrogens with one attached hydrogen (secondary N) is 2. The van der Waals surface area contributed by atoms with Crippen LogP contribution in [0.25, 0.3) is 22.4 Å². The van der Waals surface area contributed by atoms with Gasteiger partial charge in [-0.25, -0.2) is 9.07 Å². The van der Waals surface area contributed by atoms with Crippen LogP contribution in [0.4, 0.5) is 10.2 Å². The number of amides is 1. The van der Waals surface area contributed by atoms with Gasteiger partial charge in [0.25, 0.3) is 5.91 Å². The lowest BCUT2D eigenvalue weighted by atomic mass is 10.2. The number of carbonyl (C=O) groups is 1. The highest BCUT2D eigenvalue weighted by atomic mass is 19.1. The Morgan fingerprint density at radius 1 is 1.10 bits per heavy atom. The van der Waals surface area contributed by atoms with Crippen molar-refractivity contribution in [2.45, 2.75) is 0 Å². The number of phenols is 1. The third-order valence-corrected chi connectivity index (χ3v) is 4.70. The number of para-hydroxylation sites is 1. The lowest BCUT2D eigenvalue weighted by Crippen LogP contribution is -2.16. The molecule has 0 aliphatic carbocycles. The summed E-state index contributed by atoms with van der Waals surface area (Å²) < 4.78 is 17.5. The molecule has 1 amide bonds. The Kier molecular flexibility index (Phi) is 4.06. The smallest absolute Gasteiger partial charge is 0.262 e. The Bertz CT molecular complexity index is 1370. The fraction of sp³-hybridized carbons (Fsp3) is 0. The van der Waals surface area contributed by atoms with Crippen molar-refractivity contribution in [2.75, 3.05) is 5.32 Å². The molecule has 3 aromatic heterocycles. The summed E-state index contributed by atoms with van der Waals surface area (Å²) in [6, 6.07) is 14.5. The number of fused-ring (bicyclic) bond motifs is 1. The number of aromatic hydroxyl groups is 1. The fourth-order valence-electron chi connectivity index (χ4n) is 3.30. The van der Waals surface area contributed by atoms with Crippen LogP contribution in [0.5, 0.6) is 5.75 Å². The molecule has 148 valence electrons. The van der Waals surface area contributed by atoms with Gasteiger partial charge in [-0.15, -0.1) is 0 Å². The van der Waals surface area contributed by atoms with E-state index in [2.05, 4.69) is 20.6 Å². The van der Waals surface area contributed by atoms with Crippen LogP contribution in [0.15, 0.2) is 73.2 Å². The minimum absolute atomic E-state index is 0.0880. The number of anilines is 1. The fourth-order valence-corrected chi connectivity index (χ4v) is 3.30. The van der Waals surface area contributed by atoms with Gasteiger partial charge in [0.2, 0.25) is 0 Å². The molecule has 0 atom stereocenters. The molecular weight excluding hydrogens is 387 g/mol. The molecule has 2 aromatic carbocycles. The zero-order valence-electron chi connectivity index (χ0n) is 15.5. The van der Waals surface area contributed by atoms with E-state index >= 15 is 0 Å². The summed E-state index contributed by atoms with van der Waals surface area (Å²) in [5, 5.41) is 24.1. The van der Waals surface area contributed by atoms with E-state index in [0.717, 1.165) is 0 Å². The maximum absolute atomic E-state index is 14.4. The molecular formula is C21H15FN6O2. The molecule has 3 N–H and O–H groups in total. The number of phenolic OH excluding ortho intramolecular Hbond substituents is 1. The molecule has 0 spiro atoms. The van der Waals surface area contributed by atoms with Crippen LogP contribution in [-0.2, 0) is 0 Å². The third-order valence-electron chi connectivity index (χ3n) is 4.70. The maximum Gasteiger partial charge on any atom is 0.262 e. The molecule has 30 heavy (non-hydrogen) atoms. The van der Waals surface area contributed by atoms with Crippen LogP contribution < -0.4 is 5.32 Å². The van der Waals surface area contributed by atoms with Crippen molar-refractivity contribution in [3.05, 3.63) is 84.6 Å². The highest BCUT2D eigenvalue weighted by Crippen LogP contribution is 2.26. The molecule has 0 aliphatic rings. The van der Waals surface area contributed by atoms with Gasteiger partial charge in [-0.05, 0) is 36.4 Å². The molecule has 0 bridgehead atoms. The predicted molar refractivity (Wildman–Crippen MR) is 109 cm³/mol. The molecule has 0 radical (unpaired) electrons. The average molecular weight is 402 g/mol. The Morgan fingerprint density at radius 3 is 2.70 bits per heavy atom. The highest BCUT2D eigenvalue weighted by Gasteiger charge is 2.22. The summed E-state index contributed by atoms with van der Waals surface area (Å²) >= 11 is 0. The van der Waals surface area contributed by atoms with Gasteiger partial charge in [0.05, 0.1) is 11.7 Å². The third kappa shape index (κ3) is 2.89. The van der Waals surface area contributed by atoms with E-state index in [9.17, 15) is 14.3 Å². The average Bonchev–Trinajstić information content (AvgIpc) is 3.47. The number of H-pyrrole nitrogens is 1. The van der Waals surface area contributed by atoms with Crippen LogP contribution in [0, 0.1) is 5.82 Å². The molecule has 0 saturated heterocycles. The number of benzene rings is 2. The molecule has 8 nitrogen and oxygen atoms in total. The lowest BCUT2D eigenvalue weighted by molar-refractivity contribution is 0.102. The van der Waals surface area contributed by atoms with E-state index < -0.39 is 11.7 Å². The van der Waals surface area contributed by atoms with Crippen LogP contribution in [0.1, 0.15) is 10.4 Å². The number of rotatable bonds is 4. The first-order valence-corrected chi connectivity index (χ1v) is 9.06. The van der Waals surface area contributed by atoms with Gasteiger partial charge in [0.1, 0.15) is 22.8 Å². The quantitative estimate of drug-likeness (QED) is 0.427. The minimum atomic E-state index is -0.459. The molecule has 3 heterocycles. The summed E-state index contributed by atoms with van der Waals surface area (Å²) in [6.07, 6.45) is 4.88. The van der Waals surface area contributed by atoms with Crippen molar-refractivity contribution < 1.29 is 14.3 Å². The molecule has 0 unspecified atom stereocenters. The summed E-state index contributed by atoms with van der Waals surface area (Å²) in [6.45, 7) is 0. The van der Waals surface area contributed by atoms with Crippen molar-refractivity contribution in [1.29, 1.82) is 0 Å². The van der Waals surface area contributed by atoms with Crippen molar-refractivity contribution in [2.24, 2.45) is 0 Å². The Labute approximate surface area is 169 Å². The zero-order chi connectivity index (χ0) is 20.7. The topological polar surface area (TPSA) is 101 Å². The summed E-state index contributed by atoms with van der Waals surface area (Å²) in [5.41, 5.74) is 1.04. The van der Waals surface area contributed by atoms with Crippen LogP contribution in [0.2, 0.25) is 0 Å². The number of hydrogen-bond acceptors (Lipinski definition) is 4. The van der Waals surface area contributed by atoms with E-state index in [-0.39, 0.29) is 17.0 Å². The first-order chi connectivity index (χ1) is 14.6. The van der Waals surface area contributed by atoms with Crippen LogP contribution in [-0.4, -0.2) is 35.6 Å². The van der Waals surface area contributed by atoms with Gasteiger partial charge in [-0.3, -0.25) is 9.89 Å². The van der Waals surface area contributed by atoms with E-state index in [1.807, 2.05) is 0 Å². The van der Waals surface area contributed by atoms with Gasteiger partial charge in [0, 0.05) is 23.8 Å². The summed E-state index contributed by atoms with van der Waals surface area (Å²) in [5.74, 6) is -0.126. The molecule has 5 aromatic rings. The summed E-state index contributed by atoms with van der Waals surface area (Å²) in [7, 11) is 0. The number of halogens is 1. The number of nitrogens with zero attached hydrogens (tertiary/aromatic N) is 4. The molecule has 0 fully saturated rings. The maximum atomic E-state index is 14.4. The molecule has 5 rings (SSSR count). The number of carbonyl (C=O) groups excluding carboxylic acids is 1. The molecule has 0 aliphatic heterocycles. The van der Waals surface area contributed by atoms with Crippen LogP contribution >= 0.6 is 0 Å². The van der Waals surface area contributed by atoms with Crippen molar-refractivity contribution in [3.63, 3.8) is 0 Å². The normalized spacial score (nSPS) is 11.1. The standard InChI is InChI=1S/C21H15FN6O2/c22-16-5-1-2-6-18(16)28-21(27-9-3-4-10-27)15(12-23-28)20(30)24-19-14-8-7-13(29)11-17(14)25-26-19/h1-12,29H,(H2,24,25,26,30). The van der Waals surface area contributed by atoms with E-state index in [1.165, 1.54) is 29.1 Å². The summed E-state index contributed by atoms with van der Waals surface area (Å²) in [4.78, 5) is 13.1. The largest absolute Gasteiger partial charge is 0.508 e. The number of aromatic nitrogens is 5. The van der Waals surface area contributed by atoms with Crippen LogP contribution in [0.3, 0.4) is 0 Å². The monoisotopic (exact) mass is 402 g/mol. The first kappa shape index (κ1) is 17.7. The Hall–Kier alpha value is -4.40. The van der Waals surface area contributed by atoms with Crippen molar-refractivity contribution in [3.8, 4) is 17.3 Å². The minimum Gasteiger partial charge on any atom is -0.508 e. The molecule has 0 saturated carbocycles. The second-order valence-electron chi connectivity index (χ2n) is 6.59. The molecule has 9 heteroatoms. The van der Waals surface area contributed by atoms with Gasteiger partial charge in [-0.2, -0.15) is 10.2 Å². The SMILES string of the molecule is O=C(Nc1n[nH]c2cc(O)ccc12)c1cnn(-c2ccccc2F)c1-n1cccc1. The zero-order valence-corrected chi connectivity index (χ0v) is 15.5. The second-order valence-corrected chi connectivity index (χ2v) is 6.59. The lowest BCUT2D eigenvalue weighted by Gasteiger charge is -2.11. The Balaban J connectivity index is 1.58. The van der Waals surface area contributed by atoms with Crippen molar-refractivity contribution in [1.82, 2.24) is 24.5 Å². The van der Waals surface area contributed by atoms with E-state index in [1.54, 1.807) is 53.4 Å². The second kappa shape index (κ2) is 6.89. The van der Waals surface area contributed by atoms with Gasteiger partial charge in [-0.1, -0.05) is 12.1 Å². The number of hydrogen-bond donors (Lipinski definition) is 3. The van der Waals surface area contributed by atoms with Gasteiger partial charge in [0.15, 0.2) is 11.6 Å². The van der Waals surface area contributed by atoms with Gasteiger partial charge < -0.3 is 15.0 Å². The first-order valence-electron chi connectivity index (χ1n) is 9.06. The van der Waals surface area contributed by atoms with Gasteiger partial charge >= 0.3 is 0 Å². The van der Waals surface area contributed by atoms with E-state index in [4.69, 9.17) is 0 Å². The number of aromatic amines is 1. The van der Waals surface area contributed by atoms with E-state index in [0.29, 0.717) is 22.5 Å². The highest BCUT2D eigenvalue weighted by molar-refractivity contribution is 6.09. The predicted octanol–water partition coefficient (Wildman–Crippen LogP) is 3.64. The van der Waals surface area contributed by atoms with Crippen molar-refractivity contribution >= 4 is 22.6 Å².